The number of amides is 1. The summed E-state index contributed by atoms with van der Waals surface area (Å²) in [6.07, 6.45) is 3.37. The van der Waals surface area contributed by atoms with E-state index in [1.807, 2.05) is 0 Å². The smallest absolute Gasteiger partial charge is 0.254 e. The van der Waals surface area contributed by atoms with Gasteiger partial charge in [0.2, 0.25) is 0 Å². The zero-order chi connectivity index (χ0) is 17.2. The third-order valence-corrected chi connectivity index (χ3v) is 5.89. The predicted molar refractivity (Wildman–Crippen MR) is 87.6 cm³/mol. The maximum atomic E-state index is 14.0. The molecule has 1 aromatic carbocycles. The van der Waals surface area contributed by atoms with E-state index in [9.17, 15) is 17.6 Å². The Morgan fingerprint density at radius 3 is 2.54 bits per heavy atom. The molecule has 2 aromatic rings. The fraction of sp³-hybridized carbons (Fsp3) is 0.294. The molecule has 1 atom stereocenters. The summed E-state index contributed by atoms with van der Waals surface area (Å²) in [5.41, 5.74) is 0.773. The van der Waals surface area contributed by atoms with Gasteiger partial charge in [-0.3, -0.25) is 9.78 Å². The first-order chi connectivity index (χ1) is 11.5. The van der Waals surface area contributed by atoms with Gasteiger partial charge in [-0.15, -0.1) is 0 Å². The van der Waals surface area contributed by atoms with Crippen molar-refractivity contribution >= 4 is 15.7 Å². The van der Waals surface area contributed by atoms with E-state index in [2.05, 4.69) is 4.98 Å². The van der Waals surface area contributed by atoms with Gasteiger partial charge in [-0.1, -0.05) is 18.2 Å². The lowest BCUT2D eigenvalue weighted by Gasteiger charge is -2.28. The number of hydrogen-bond acceptors (Lipinski definition) is 4. The molecule has 7 heteroatoms. The van der Waals surface area contributed by atoms with Crippen molar-refractivity contribution in [2.24, 2.45) is 0 Å². The summed E-state index contributed by atoms with van der Waals surface area (Å²) in [5, 5.41) is 0. The summed E-state index contributed by atoms with van der Waals surface area (Å²) in [6, 6.07) is 8.89. The minimum atomic E-state index is -3.16. The highest BCUT2D eigenvalue weighted by Crippen LogP contribution is 2.23. The highest BCUT2D eigenvalue weighted by molar-refractivity contribution is 7.91. The van der Waals surface area contributed by atoms with Crippen LogP contribution < -0.4 is 0 Å². The Balaban J connectivity index is 1.92. The minimum Gasteiger partial charge on any atom is -0.330 e. The van der Waals surface area contributed by atoms with Crippen LogP contribution in [0, 0.1) is 5.82 Å². The molecule has 1 aliphatic heterocycles. The van der Waals surface area contributed by atoms with Crippen molar-refractivity contribution in [1.29, 1.82) is 0 Å². The van der Waals surface area contributed by atoms with Crippen LogP contribution in [0.2, 0.25) is 0 Å². The lowest BCUT2D eigenvalue weighted by molar-refractivity contribution is 0.0679. The van der Waals surface area contributed by atoms with Crippen molar-refractivity contribution < 1.29 is 17.6 Å². The van der Waals surface area contributed by atoms with Gasteiger partial charge in [-0.05, 0) is 24.6 Å². The van der Waals surface area contributed by atoms with Crippen LogP contribution in [0.5, 0.6) is 0 Å². The number of sulfone groups is 1. The Bertz CT molecular complexity index is 840. The Hall–Kier alpha value is -2.28. The van der Waals surface area contributed by atoms with Crippen molar-refractivity contribution in [2.45, 2.75) is 19.0 Å². The van der Waals surface area contributed by atoms with Gasteiger partial charge >= 0.3 is 0 Å². The summed E-state index contributed by atoms with van der Waals surface area (Å²) in [7, 11) is -3.16. The molecule has 0 saturated carbocycles. The van der Waals surface area contributed by atoms with Gasteiger partial charge in [0, 0.05) is 36.1 Å². The molecule has 1 amide bonds. The molecule has 1 fully saturated rings. The van der Waals surface area contributed by atoms with Gasteiger partial charge in [0.05, 0.1) is 11.5 Å². The number of carbonyl (C=O) groups excluding carboxylic acids is 1. The summed E-state index contributed by atoms with van der Waals surface area (Å²) >= 11 is 0. The van der Waals surface area contributed by atoms with E-state index in [-0.39, 0.29) is 24.0 Å². The number of rotatable bonds is 4. The minimum absolute atomic E-state index is 0.0357. The molecule has 1 saturated heterocycles. The van der Waals surface area contributed by atoms with Gasteiger partial charge in [0.25, 0.3) is 5.91 Å². The molecule has 1 aromatic heterocycles. The second-order valence-electron chi connectivity index (χ2n) is 5.82. The van der Waals surface area contributed by atoms with Gasteiger partial charge < -0.3 is 4.90 Å². The predicted octanol–water partition coefficient (Wildman–Crippen LogP) is 2.05. The quantitative estimate of drug-likeness (QED) is 0.848. The molecule has 3 rings (SSSR count). The van der Waals surface area contributed by atoms with Crippen LogP contribution in [0.25, 0.3) is 0 Å². The van der Waals surface area contributed by atoms with E-state index in [1.54, 1.807) is 30.3 Å². The standard InChI is InChI=1S/C17H17FN2O3S/c18-16-4-2-1-3-14(16)11-20(15-7-10-24(22,23)12-15)17(21)13-5-8-19-9-6-13/h1-6,8-9,15H,7,10-12H2/t15-/m0/s1. The Morgan fingerprint density at radius 2 is 1.92 bits per heavy atom. The number of carbonyl (C=O) groups is 1. The Kier molecular flexibility index (Phi) is 4.62. The summed E-state index contributed by atoms with van der Waals surface area (Å²) in [6.45, 7) is 0.0357. The summed E-state index contributed by atoms with van der Waals surface area (Å²) in [5.74, 6) is -0.763. The first-order valence-corrected chi connectivity index (χ1v) is 9.43. The highest BCUT2D eigenvalue weighted by Gasteiger charge is 2.35. The summed E-state index contributed by atoms with van der Waals surface area (Å²) in [4.78, 5) is 18.2. The number of benzene rings is 1. The molecule has 0 unspecified atom stereocenters. The maximum absolute atomic E-state index is 14.0. The lowest BCUT2D eigenvalue weighted by Crippen LogP contribution is -2.40. The molecule has 126 valence electrons. The van der Waals surface area contributed by atoms with Gasteiger partial charge in [0.15, 0.2) is 9.84 Å². The van der Waals surface area contributed by atoms with Crippen molar-refractivity contribution in [1.82, 2.24) is 9.88 Å². The molecule has 0 bridgehead atoms. The molecule has 24 heavy (non-hydrogen) atoms. The molecular weight excluding hydrogens is 331 g/mol. The van der Waals surface area contributed by atoms with Gasteiger partial charge in [-0.25, -0.2) is 12.8 Å². The van der Waals surface area contributed by atoms with Crippen molar-refractivity contribution in [3.8, 4) is 0 Å². The zero-order valence-corrected chi connectivity index (χ0v) is 13.7. The van der Waals surface area contributed by atoms with Crippen LogP contribution in [-0.4, -0.2) is 41.8 Å². The molecule has 0 radical (unpaired) electrons. The monoisotopic (exact) mass is 348 g/mol. The fourth-order valence-electron chi connectivity index (χ4n) is 2.86. The average molecular weight is 348 g/mol. The first-order valence-electron chi connectivity index (χ1n) is 7.61. The Labute approximate surface area is 140 Å². The third kappa shape index (κ3) is 3.62. The topological polar surface area (TPSA) is 67.3 Å². The second kappa shape index (κ2) is 6.68. The summed E-state index contributed by atoms with van der Waals surface area (Å²) < 4.78 is 37.6. The zero-order valence-electron chi connectivity index (χ0n) is 12.9. The van der Waals surface area contributed by atoms with Gasteiger partial charge in [-0.2, -0.15) is 0 Å². The maximum Gasteiger partial charge on any atom is 0.254 e. The van der Waals surface area contributed by atoms with E-state index < -0.39 is 21.7 Å². The molecule has 0 spiro atoms. The van der Waals surface area contributed by atoms with Crippen LogP contribution in [0.15, 0.2) is 48.8 Å². The fourth-order valence-corrected chi connectivity index (χ4v) is 4.59. The van der Waals surface area contributed by atoms with E-state index in [0.29, 0.717) is 17.5 Å². The lowest BCUT2D eigenvalue weighted by atomic mass is 10.1. The average Bonchev–Trinajstić information content (AvgIpc) is 2.94. The molecule has 2 heterocycles. The number of nitrogens with zero attached hydrogens (tertiary/aromatic N) is 2. The molecule has 5 nitrogen and oxygen atoms in total. The molecule has 1 aliphatic rings. The van der Waals surface area contributed by atoms with E-state index in [0.717, 1.165) is 0 Å². The molecular formula is C17H17FN2O3S. The van der Waals surface area contributed by atoms with E-state index in [4.69, 9.17) is 0 Å². The number of aromatic nitrogens is 1. The molecule has 0 aliphatic carbocycles. The third-order valence-electron chi connectivity index (χ3n) is 4.14. The van der Waals surface area contributed by atoms with Crippen LogP contribution in [0.3, 0.4) is 0 Å². The molecule has 0 N–H and O–H groups in total. The van der Waals surface area contributed by atoms with E-state index in [1.165, 1.54) is 23.4 Å². The van der Waals surface area contributed by atoms with Crippen LogP contribution in [-0.2, 0) is 16.4 Å². The normalized spacial score (nSPS) is 19.1. The second-order valence-corrected chi connectivity index (χ2v) is 8.05. The number of hydrogen-bond donors (Lipinski definition) is 0. The van der Waals surface area contributed by atoms with Crippen molar-refractivity contribution in [3.05, 3.63) is 65.7 Å². The largest absolute Gasteiger partial charge is 0.330 e. The number of pyridine rings is 1. The van der Waals surface area contributed by atoms with Crippen molar-refractivity contribution in [3.63, 3.8) is 0 Å². The van der Waals surface area contributed by atoms with Crippen LogP contribution in [0.4, 0.5) is 4.39 Å². The van der Waals surface area contributed by atoms with Crippen LogP contribution >= 0.6 is 0 Å². The van der Waals surface area contributed by atoms with Crippen molar-refractivity contribution in [2.75, 3.05) is 11.5 Å². The van der Waals surface area contributed by atoms with Gasteiger partial charge in [0.1, 0.15) is 5.82 Å². The SMILES string of the molecule is O=C(c1ccncc1)N(Cc1ccccc1F)[C@H]1CCS(=O)(=O)C1. The Morgan fingerprint density at radius 1 is 1.21 bits per heavy atom. The highest BCUT2D eigenvalue weighted by atomic mass is 32.2. The van der Waals surface area contributed by atoms with Crippen LogP contribution in [0.1, 0.15) is 22.3 Å². The first kappa shape index (κ1) is 16.6. The van der Waals surface area contributed by atoms with E-state index >= 15 is 0 Å². The number of halogens is 1.